The lowest BCUT2D eigenvalue weighted by atomic mass is 9.82. The zero-order valence-electron chi connectivity index (χ0n) is 21.2. The number of piperidine rings is 1. The first-order valence-electron chi connectivity index (χ1n) is 14.0. The highest BCUT2D eigenvalue weighted by atomic mass is 32.2. The van der Waals surface area contributed by atoms with E-state index in [0.717, 1.165) is 68.0 Å². The summed E-state index contributed by atoms with van der Waals surface area (Å²) in [6.45, 7) is 4.13. The number of hydrogen-bond donors (Lipinski definition) is 1. The molecule has 1 N–H and O–H groups in total. The van der Waals surface area contributed by atoms with Crippen molar-refractivity contribution in [1.29, 1.82) is 0 Å². The zero-order chi connectivity index (χ0) is 24.3. The number of hydrogen-bond acceptors (Lipinski definition) is 6. The molecule has 1 aromatic heterocycles. The van der Waals surface area contributed by atoms with Gasteiger partial charge in [-0.05, 0) is 76.3 Å². The van der Waals surface area contributed by atoms with E-state index in [1.165, 1.54) is 44.9 Å². The minimum Gasteiger partial charge on any atom is -0.466 e. The number of amides is 1. The third-order valence-electron chi connectivity index (χ3n) is 8.61. The van der Waals surface area contributed by atoms with Crippen LogP contribution in [0.4, 0.5) is 5.82 Å². The van der Waals surface area contributed by atoms with Crippen molar-refractivity contribution in [2.24, 2.45) is 11.3 Å². The fourth-order valence-electron chi connectivity index (χ4n) is 6.37. The van der Waals surface area contributed by atoms with Gasteiger partial charge in [0.1, 0.15) is 10.8 Å². The maximum Gasteiger partial charge on any atom is 0.312 e. The standard InChI is InChI=1S/C28H41N3O3S/c1-2-34-27(33)28(16-17-28)20-9-8-18-31(19-20)24-15-14-23(25(32)29-21-10-4-3-5-11-21)26(30-24)35-22-12-6-7-13-22/h14-15,20-22H,2-13,16-19H2,1H3,(H,29,32). The number of nitrogens with one attached hydrogen (secondary N) is 1. The van der Waals surface area contributed by atoms with Gasteiger partial charge < -0.3 is 15.0 Å². The third-order valence-corrected chi connectivity index (χ3v) is 9.95. The first-order valence-corrected chi connectivity index (χ1v) is 14.9. The van der Waals surface area contributed by atoms with Crippen molar-refractivity contribution in [1.82, 2.24) is 10.3 Å². The number of pyridine rings is 1. The summed E-state index contributed by atoms with van der Waals surface area (Å²) in [5.74, 6) is 1.29. The lowest BCUT2D eigenvalue weighted by Crippen LogP contribution is -2.42. The van der Waals surface area contributed by atoms with Crippen molar-refractivity contribution in [2.75, 3.05) is 24.6 Å². The quantitative estimate of drug-likeness (QED) is 0.460. The monoisotopic (exact) mass is 499 g/mol. The number of ether oxygens (including phenoxy) is 1. The second kappa shape index (κ2) is 11.1. The lowest BCUT2D eigenvalue weighted by Gasteiger charge is -2.37. The highest BCUT2D eigenvalue weighted by Gasteiger charge is 2.57. The van der Waals surface area contributed by atoms with E-state index in [-0.39, 0.29) is 17.3 Å². The van der Waals surface area contributed by atoms with E-state index in [2.05, 4.69) is 10.2 Å². The van der Waals surface area contributed by atoms with Crippen molar-refractivity contribution in [3.8, 4) is 0 Å². The summed E-state index contributed by atoms with van der Waals surface area (Å²) in [6.07, 6.45) is 14.8. The first kappa shape index (κ1) is 24.9. The van der Waals surface area contributed by atoms with E-state index in [9.17, 15) is 9.59 Å². The third kappa shape index (κ3) is 5.65. The molecule has 1 saturated heterocycles. The van der Waals surface area contributed by atoms with Crippen LogP contribution in [0.2, 0.25) is 0 Å². The molecule has 0 radical (unpaired) electrons. The van der Waals surface area contributed by atoms with Crippen molar-refractivity contribution < 1.29 is 14.3 Å². The molecule has 4 aliphatic rings. The molecule has 3 aliphatic carbocycles. The Morgan fingerprint density at radius 2 is 1.80 bits per heavy atom. The van der Waals surface area contributed by atoms with Crippen molar-refractivity contribution in [3.63, 3.8) is 0 Å². The topological polar surface area (TPSA) is 71.5 Å². The Kier molecular flexibility index (Phi) is 7.90. The molecule has 1 aromatic rings. The number of carbonyl (C=O) groups excluding carboxylic acids is 2. The molecule has 1 unspecified atom stereocenters. The van der Waals surface area contributed by atoms with Crippen LogP contribution < -0.4 is 10.2 Å². The van der Waals surface area contributed by atoms with Crippen LogP contribution in [-0.2, 0) is 9.53 Å². The Balaban J connectivity index is 1.34. The number of thioether (sulfide) groups is 1. The maximum absolute atomic E-state index is 13.3. The van der Waals surface area contributed by atoms with Gasteiger partial charge in [0.2, 0.25) is 0 Å². The summed E-state index contributed by atoms with van der Waals surface area (Å²) in [4.78, 5) is 33.4. The summed E-state index contributed by atoms with van der Waals surface area (Å²) in [5.41, 5.74) is 0.450. The minimum absolute atomic E-state index is 0.00739. The average Bonchev–Trinajstić information content (AvgIpc) is 3.55. The highest BCUT2D eigenvalue weighted by molar-refractivity contribution is 7.99. The largest absolute Gasteiger partial charge is 0.466 e. The van der Waals surface area contributed by atoms with Gasteiger partial charge in [-0.2, -0.15) is 0 Å². The summed E-state index contributed by atoms with van der Waals surface area (Å²) in [7, 11) is 0. The molecule has 0 aromatic carbocycles. The van der Waals surface area contributed by atoms with Crippen LogP contribution >= 0.6 is 11.8 Å². The molecule has 5 rings (SSSR count). The number of anilines is 1. The predicted octanol–water partition coefficient (Wildman–Crippen LogP) is 5.74. The Labute approximate surface area is 214 Å². The fourth-order valence-corrected chi connectivity index (χ4v) is 7.69. The van der Waals surface area contributed by atoms with Gasteiger partial charge in [0, 0.05) is 24.4 Å². The molecule has 1 amide bonds. The van der Waals surface area contributed by atoms with E-state index >= 15 is 0 Å². The minimum atomic E-state index is -0.282. The van der Waals surface area contributed by atoms with Crippen molar-refractivity contribution in [3.05, 3.63) is 17.7 Å². The van der Waals surface area contributed by atoms with E-state index in [1.807, 2.05) is 19.1 Å². The van der Waals surface area contributed by atoms with E-state index in [4.69, 9.17) is 9.72 Å². The number of nitrogens with zero attached hydrogens (tertiary/aromatic N) is 2. The van der Waals surface area contributed by atoms with E-state index < -0.39 is 0 Å². The predicted molar refractivity (Wildman–Crippen MR) is 140 cm³/mol. The number of carbonyl (C=O) groups is 2. The summed E-state index contributed by atoms with van der Waals surface area (Å²) in [5, 5.41) is 4.74. The van der Waals surface area contributed by atoms with E-state index in [1.54, 1.807) is 11.8 Å². The molecule has 7 heteroatoms. The maximum atomic E-state index is 13.3. The molecule has 35 heavy (non-hydrogen) atoms. The summed E-state index contributed by atoms with van der Waals surface area (Å²) < 4.78 is 5.44. The lowest BCUT2D eigenvalue weighted by molar-refractivity contribution is -0.152. The van der Waals surface area contributed by atoms with Crippen molar-refractivity contribution in [2.45, 2.75) is 107 Å². The average molecular weight is 500 g/mol. The molecule has 0 bridgehead atoms. The molecule has 1 atom stereocenters. The van der Waals surface area contributed by atoms with Gasteiger partial charge in [0.05, 0.1) is 17.6 Å². The van der Waals surface area contributed by atoms with Crippen LogP contribution in [-0.4, -0.2) is 47.8 Å². The molecule has 1 aliphatic heterocycles. The first-order chi connectivity index (χ1) is 17.1. The van der Waals surface area contributed by atoms with Gasteiger partial charge in [-0.3, -0.25) is 9.59 Å². The fraction of sp³-hybridized carbons (Fsp3) is 0.750. The summed E-state index contributed by atoms with van der Waals surface area (Å²) in [6, 6.07) is 4.32. The van der Waals surface area contributed by atoms with Crippen LogP contribution in [0.25, 0.3) is 0 Å². The van der Waals surface area contributed by atoms with Gasteiger partial charge in [0.25, 0.3) is 5.91 Å². The normalized spacial score (nSPS) is 24.8. The molecule has 3 saturated carbocycles. The molecule has 192 valence electrons. The Morgan fingerprint density at radius 3 is 2.51 bits per heavy atom. The molecule has 4 fully saturated rings. The van der Waals surface area contributed by atoms with Crippen LogP contribution in [0.15, 0.2) is 17.2 Å². The van der Waals surface area contributed by atoms with E-state index in [0.29, 0.717) is 23.8 Å². The second-order valence-corrected chi connectivity index (χ2v) is 12.3. The molecule has 6 nitrogen and oxygen atoms in total. The number of rotatable bonds is 8. The smallest absolute Gasteiger partial charge is 0.312 e. The summed E-state index contributed by atoms with van der Waals surface area (Å²) >= 11 is 1.80. The molecular weight excluding hydrogens is 458 g/mol. The van der Waals surface area contributed by atoms with Crippen LogP contribution in [0.1, 0.15) is 101 Å². The molecule has 0 spiro atoms. The SMILES string of the molecule is CCOC(=O)C1(C2CCCN(c3ccc(C(=O)NC4CCCCC4)c(SC4CCCC4)n3)C2)CC1. The van der Waals surface area contributed by atoms with Crippen LogP contribution in [0.5, 0.6) is 0 Å². The zero-order valence-corrected chi connectivity index (χ0v) is 22.0. The Morgan fingerprint density at radius 1 is 1.06 bits per heavy atom. The van der Waals surface area contributed by atoms with Gasteiger partial charge >= 0.3 is 5.97 Å². The van der Waals surface area contributed by atoms with Gasteiger partial charge in [-0.15, -0.1) is 11.8 Å². The highest BCUT2D eigenvalue weighted by Crippen LogP contribution is 2.55. The number of esters is 1. The van der Waals surface area contributed by atoms with Crippen LogP contribution in [0, 0.1) is 11.3 Å². The van der Waals surface area contributed by atoms with Gasteiger partial charge in [0.15, 0.2) is 0 Å². The van der Waals surface area contributed by atoms with Gasteiger partial charge in [-0.25, -0.2) is 4.98 Å². The number of aromatic nitrogens is 1. The van der Waals surface area contributed by atoms with Crippen molar-refractivity contribution >= 4 is 29.5 Å². The molecule has 2 heterocycles. The van der Waals surface area contributed by atoms with Crippen LogP contribution in [0.3, 0.4) is 0 Å². The Hall–Kier alpha value is -1.76. The van der Waals surface area contributed by atoms with Gasteiger partial charge in [-0.1, -0.05) is 32.1 Å². The second-order valence-electron chi connectivity index (χ2n) is 11.0. The Bertz CT molecular complexity index is 907. The molecular formula is C28H41N3O3S.